The van der Waals surface area contributed by atoms with Crippen LogP contribution in [0.25, 0.3) is 0 Å². The smallest absolute Gasteiger partial charge is 0.131 e. The van der Waals surface area contributed by atoms with Gasteiger partial charge in [-0.2, -0.15) is 0 Å². The maximum Gasteiger partial charge on any atom is 0.131 e. The Bertz CT molecular complexity index is 165. The molecular weight excluding hydrogens is 176 g/mol. The molecular formula is C11H26N2O. The first-order chi connectivity index (χ1) is 6.31. The summed E-state index contributed by atoms with van der Waals surface area (Å²) < 4.78 is 0. The van der Waals surface area contributed by atoms with Gasteiger partial charge in [0.15, 0.2) is 0 Å². The van der Waals surface area contributed by atoms with Crippen molar-refractivity contribution in [2.24, 2.45) is 0 Å². The van der Waals surface area contributed by atoms with Gasteiger partial charge in [-0.25, -0.2) is 5.01 Å². The first kappa shape index (κ1) is 13.9. The monoisotopic (exact) mass is 202 g/mol. The minimum atomic E-state index is -0.734. The zero-order valence-electron chi connectivity index (χ0n) is 10.5. The Morgan fingerprint density at radius 2 is 1.71 bits per heavy atom. The normalized spacial score (nSPS) is 17.1. The van der Waals surface area contributed by atoms with Crippen LogP contribution < -0.4 is 5.43 Å². The van der Waals surface area contributed by atoms with Crippen molar-refractivity contribution in [3.8, 4) is 0 Å². The Hall–Kier alpha value is -0.120. The molecule has 0 aromatic heterocycles. The van der Waals surface area contributed by atoms with Crippen molar-refractivity contribution in [1.29, 1.82) is 0 Å². The average Bonchev–Trinajstić information content (AvgIpc) is 2.03. The summed E-state index contributed by atoms with van der Waals surface area (Å²) in [5.41, 5.74) is 2.29. The molecule has 0 saturated heterocycles. The standard InChI is InChI=1S/C11H26N2O/c1-7-9-11(14,8-2)13(12-6)10(3,4)5/h12,14H,7-9H2,1-6H3. The molecule has 0 spiro atoms. The summed E-state index contributed by atoms with van der Waals surface area (Å²) in [6.45, 7) is 10.4. The summed E-state index contributed by atoms with van der Waals surface area (Å²) in [5, 5.41) is 12.4. The molecule has 0 heterocycles. The van der Waals surface area contributed by atoms with Gasteiger partial charge in [0.2, 0.25) is 0 Å². The molecule has 0 bridgehead atoms. The van der Waals surface area contributed by atoms with E-state index in [1.165, 1.54) is 0 Å². The molecule has 0 amide bonds. The predicted molar refractivity (Wildman–Crippen MR) is 60.8 cm³/mol. The van der Waals surface area contributed by atoms with Crippen LogP contribution in [0, 0.1) is 0 Å². The van der Waals surface area contributed by atoms with Crippen LogP contribution in [-0.2, 0) is 0 Å². The SMILES string of the molecule is CCCC(O)(CC)N(NC)C(C)(C)C. The van der Waals surface area contributed by atoms with Gasteiger partial charge in [0.1, 0.15) is 5.72 Å². The van der Waals surface area contributed by atoms with E-state index in [4.69, 9.17) is 0 Å². The van der Waals surface area contributed by atoms with E-state index in [0.29, 0.717) is 0 Å². The summed E-state index contributed by atoms with van der Waals surface area (Å²) in [5.74, 6) is 0. The van der Waals surface area contributed by atoms with E-state index < -0.39 is 5.72 Å². The summed E-state index contributed by atoms with van der Waals surface area (Å²) in [6.07, 6.45) is 2.51. The van der Waals surface area contributed by atoms with E-state index in [1.54, 1.807) is 0 Å². The van der Waals surface area contributed by atoms with E-state index >= 15 is 0 Å². The lowest BCUT2D eigenvalue weighted by Gasteiger charge is -2.46. The molecule has 3 nitrogen and oxygen atoms in total. The first-order valence-electron chi connectivity index (χ1n) is 5.52. The van der Waals surface area contributed by atoms with Gasteiger partial charge in [-0.15, -0.1) is 0 Å². The van der Waals surface area contributed by atoms with Crippen molar-refractivity contribution in [3.05, 3.63) is 0 Å². The number of rotatable bonds is 5. The number of nitrogens with zero attached hydrogens (tertiary/aromatic N) is 1. The van der Waals surface area contributed by atoms with Gasteiger partial charge < -0.3 is 5.11 Å². The summed E-state index contributed by atoms with van der Waals surface area (Å²) in [4.78, 5) is 0. The first-order valence-corrected chi connectivity index (χ1v) is 5.52. The molecule has 0 aromatic carbocycles. The number of aliphatic hydroxyl groups is 1. The molecule has 0 aliphatic rings. The third-order valence-electron chi connectivity index (χ3n) is 2.53. The van der Waals surface area contributed by atoms with Crippen molar-refractivity contribution < 1.29 is 5.11 Å². The Morgan fingerprint density at radius 1 is 1.21 bits per heavy atom. The lowest BCUT2D eigenvalue weighted by Crippen LogP contribution is -2.62. The van der Waals surface area contributed by atoms with Gasteiger partial charge in [-0.3, -0.25) is 5.43 Å². The van der Waals surface area contributed by atoms with Crippen molar-refractivity contribution in [1.82, 2.24) is 10.4 Å². The summed E-state index contributed by atoms with van der Waals surface area (Å²) in [6, 6.07) is 0. The van der Waals surface area contributed by atoms with Crippen molar-refractivity contribution in [2.45, 2.75) is 65.1 Å². The number of hydrazine groups is 1. The topological polar surface area (TPSA) is 35.5 Å². The number of nitrogens with one attached hydrogen (secondary N) is 1. The highest BCUT2D eigenvalue weighted by Gasteiger charge is 2.37. The molecule has 3 heteroatoms. The van der Waals surface area contributed by atoms with E-state index in [1.807, 2.05) is 19.0 Å². The molecule has 14 heavy (non-hydrogen) atoms. The Morgan fingerprint density at radius 3 is 1.93 bits per heavy atom. The van der Waals surface area contributed by atoms with Crippen LogP contribution in [0.5, 0.6) is 0 Å². The molecule has 86 valence electrons. The molecule has 0 rings (SSSR count). The second-order valence-corrected chi connectivity index (χ2v) is 4.82. The zero-order valence-corrected chi connectivity index (χ0v) is 10.5. The van der Waals surface area contributed by atoms with Crippen molar-refractivity contribution >= 4 is 0 Å². The van der Waals surface area contributed by atoms with Crippen LogP contribution in [-0.4, -0.2) is 28.4 Å². The summed E-state index contributed by atoms with van der Waals surface area (Å²) >= 11 is 0. The van der Waals surface area contributed by atoms with Crippen LogP contribution in [0.3, 0.4) is 0 Å². The second kappa shape index (κ2) is 5.10. The van der Waals surface area contributed by atoms with Gasteiger partial charge in [0.05, 0.1) is 0 Å². The molecule has 0 radical (unpaired) electrons. The van der Waals surface area contributed by atoms with E-state index in [2.05, 4.69) is 33.1 Å². The highest BCUT2D eigenvalue weighted by atomic mass is 16.3. The van der Waals surface area contributed by atoms with E-state index in [0.717, 1.165) is 19.3 Å². The number of hydrogen-bond acceptors (Lipinski definition) is 3. The quantitative estimate of drug-likeness (QED) is 0.529. The molecule has 1 unspecified atom stereocenters. The average molecular weight is 202 g/mol. The van der Waals surface area contributed by atoms with Crippen LogP contribution in [0.1, 0.15) is 53.9 Å². The van der Waals surface area contributed by atoms with Crippen LogP contribution >= 0.6 is 0 Å². The third-order valence-corrected chi connectivity index (χ3v) is 2.53. The molecule has 0 aliphatic heterocycles. The fourth-order valence-corrected chi connectivity index (χ4v) is 2.01. The Balaban J connectivity index is 4.77. The number of hydrogen-bond donors (Lipinski definition) is 2. The highest BCUT2D eigenvalue weighted by molar-refractivity contribution is 4.84. The molecule has 0 saturated carbocycles. The van der Waals surface area contributed by atoms with Crippen LogP contribution in [0.4, 0.5) is 0 Å². The highest BCUT2D eigenvalue weighted by Crippen LogP contribution is 2.27. The Kier molecular flexibility index (Phi) is 5.06. The van der Waals surface area contributed by atoms with Gasteiger partial charge in [0.25, 0.3) is 0 Å². The molecule has 2 N–H and O–H groups in total. The largest absolute Gasteiger partial charge is 0.374 e. The van der Waals surface area contributed by atoms with Gasteiger partial charge in [0, 0.05) is 5.54 Å². The van der Waals surface area contributed by atoms with Gasteiger partial charge in [-0.05, 0) is 40.7 Å². The maximum atomic E-state index is 10.5. The maximum absolute atomic E-state index is 10.5. The lowest BCUT2D eigenvalue weighted by atomic mass is 9.98. The molecule has 1 atom stereocenters. The molecule has 0 aliphatic carbocycles. The molecule has 0 fully saturated rings. The summed E-state index contributed by atoms with van der Waals surface area (Å²) in [7, 11) is 1.86. The predicted octanol–water partition coefficient (Wildman–Crippen LogP) is 2.12. The van der Waals surface area contributed by atoms with Gasteiger partial charge >= 0.3 is 0 Å². The van der Waals surface area contributed by atoms with Crippen LogP contribution in [0.15, 0.2) is 0 Å². The fourth-order valence-electron chi connectivity index (χ4n) is 2.01. The second-order valence-electron chi connectivity index (χ2n) is 4.82. The van der Waals surface area contributed by atoms with Crippen LogP contribution in [0.2, 0.25) is 0 Å². The minimum absolute atomic E-state index is 0.0747. The van der Waals surface area contributed by atoms with E-state index in [-0.39, 0.29) is 5.54 Å². The van der Waals surface area contributed by atoms with Crippen molar-refractivity contribution in [3.63, 3.8) is 0 Å². The Labute approximate surface area is 88.5 Å². The van der Waals surface area contributed by atoms with Crippen molar-refractivity contribution in [2.75, 3.05) is 7.05 Å². The van der Waals surface area contributed by atoms with Gasteiger partial charge in [-0.1, -0.05) is 20.3 Å². The fraction of sp³-hybridized carbons (Fsp3) is 1.00. The zero-order chi connectivity index (χ0) is 11.4. The van der Waals surface area contributed by atoms with E-state index in [9.17, 15) is 5.11 Å². The minimum Gasteiger partial charge on any atom is -0.374 e. The lowest BCUT2D eigenvalue weighted by molar-refractivity contribution is -0.178. The third kappa shape index (κ3) is 3.23. The molecule has 0 aromatic rings.